The van der Waals surface area contributed by atoms with E-state index in [0.29, 0.717) is 43.7 Å². The second kappa shape index (κ2) is 8.92. The van der Waals surface area contributed by atoms with Gasteiger partial charge in [-0.3, -0.25) is 0 Å². The highest BCUT2D eigenvalue weighted by atomic mass is 16.6. The fourth-order valence-electron chi connectivity index (χ4n) is 4.55. The number of tetrazole rings is 1. The van der Waals surface area contributed by atoms with Gasteiger partial charge in [0.1, 0.15) is 31.5 Å². The molecule has 3 aliphatic heterocycles. The fourth-order valence-corrected chi connectivity index (χ4v) is 4.55. The molecule has 1 N–H and O–H groups in total. The molecular formula is C23H23N5O6. The lowest BCUT2D eigenvalue weighted by molar-refractivity contribution is 0.00290. The maximum absolute atomic E-state index is 12.3. The van der Waals surface area contributed by atoms with Gasteiger partial charge >= 0.3 is 6.09 Å². The summed E-state index contributed by atoms with van der Waals surface area (Å²) in [6.45, 7) is 1.89. The van der Waals surface area contributed by atoms with Crippen molar-refractivity contribution in [2.45, 2.75) is 30.9 Å². The molecule has 1 aromatic heterocycles. The van der Waals surface area contributed by atoms with Crippen LogP contribution < -0.4 is 14.8 Å². The number of nitrogens with zero attached hydrogens (tertiary/aromatic N) is 4. The Hall–Kier alpha value is -3.70. The number of hydrogen-bond donors (Lipinski definition) is 1. The molecule has 0 radical (unpaired) electrons. The van der Waals surface area contributed by atoms with Gasteiger partial charge in [0.05, 0.1) is 18.8 Å². The molecule has 6 rings (SSSR count). The number of ether oxygens (including phenoxy) is 5. The first-order chi connectivity index (χ1) is 16.8. The van der Waals surface area contributed by atoms with Crippen LogP contribution in [0.25, 0.3) is 11.4 Å². The van der Waals surface area contributed by atoms with Crippen molar-refractivity contribution in [1.82, 2.24) is 25.5 Å². The van der Waals surface area contributed by atoms with Gasteiger partial charge in [0.25, 0.3) is 0 Å². The normalized spacial score (nSPS) is 25.1. The van der Waals surface area contributed by atoms with Gasteiger partial charge < -0.3 is 29.0 Å². The van der Waals surface area contributed by atoms with Crippen LogP contribution in [0.4, 0.5) is 4.79 Å². The van der Waals surface area contributed by atoms with E-state index < -0.39 is 18.3 Å². The van der Waals surface area contributed by atoms with Gasteiger partial charge in [-0.25, -0.2) is 9.48 Å². The fraction of sp³-hybridized carbons (Fsp3) is 0.391. The van der Waals surface area contributed by atoms with Crippen molar-refractivity contribution < 1.29 is 28.5 Å². The van der Waals surface area contributed by atoms with Gasteiger partial charge in [0, 0.05) is 6.54 Å². The standard InChI is InChI=1S/C23H23N5O6/c29-23(24-11-14-5-2-1-3-6-14)34-18-13-33-20-16(12-32-21(18)20)28-22(25-26-27-28)15-7-4-8-17-19(15)31-10-9-30-17/h1-8,16,18,20-21H,9-13H2,(H,24,29)/t16-,18+,20?,21?/m0/s1. The SMILES string of the molecule is O=C(NCc1ccccc1)O[C@@H]1COC2C1OC[C@@H]2n1nnnc1-c1cccc2c1OCCO2. The molecule has 176 valence electrons. The molecule has 0 aliphatic carbocycles. The van der Waals surface area contributed by atoms with Crippen LogP contribution >= 0.6 is 0 Å². The molecule has 0 bridgehead atoms. The van der Waals surface area contributed by atoms with Crippen LogP contribution in [-0.4, -0.2) is 71.0 Å². The number of amides is 1. The Balaban J connectivity index is 1.15. The van der Waals surface area contributed by atoms with Gasteiger partial charge in [-0.2, -0.15) is 0 Å². The number of para-hydroxylation sites is 1. The first-order valence-electron chi connectivity index (χ1n) is 11.2. The Morgan fingerprint density at radius 1 is 1.03 bits per heavy atom. The van der Waals surface area contributed by atoms with E-state index in [1.54, 1.807) is 4.68 Å². The summed E-state index contributed by atoms with van der Waals surface area (Å²) in [5, 5.41) is 15.1. The van der Waals surface area contributed by atoms with Crippen molar-refractivity contribution in [2.24, 2.45) is 0 Å². The molecule has 2 fully saturated rings. The summed E-state index contributed by atoms with van der Waals surface area (Å²) in [5.41, 5.74) is 1.72. The molecule has 2 aromatic carbocycles. The first kappa shape index (κ1) is 20.9. The molecule has 0 saturated carbocycles. The van der Waals surface area contributed by atoms with E-state index in [-0.39, 0.29) is 18.8 Å². The van der Waals surface area contributed by atoms with Crippen molar-refractivity contribution >= 4 is 6.09 Å². The van der Waals surface area contributed by atoms with E-state index in [2.05, 4.69) is 20.8 Å². The summed E-state index contributed by atoms with van der Waals surface area (Å²) >= 11 is 0. The van der Waals surface area contributed by atoms with E-state index >= 15 is 0 Å². The maximum atomic E-state index is 12.3. The van der Waals surface area contributed by atoms with Gasteiger partial charge in [0.2, 0.25) is 0 Å². The van der Waals surface area contributed by atoms with Gasteiger partial charge in [0.15, 0.2) is 23.4 Å². The lowest BCUT2D eigenvalue weighted by Crippen LogP contribution is -2.37. The molecule has 11 nitrogen and oxygen atoms in total. The van der Waals surface area contributed by atoms with Crippen LogP contribution in [0.2, 0.25) is 0 Å². The predicted molar refractivity (Wildman–Crippen MR) is 116 cm³/mol. The summed E-state index contributed by atoms with van der Waals surface area (Å²) in [6.07, 6.45) is -1.80. The van der Waals surface area contributed by atoms with Crippen molar-refractivity contribution in [3.8, 4) is 22.9 Å². The van der Waals surface area contributed by atoms with Gasteiger partial charge in [-0.1, -0.05) is 36.4 Å². The number of fused-ring (bicyclic) bond motifs is 2. The third kappa shape index (κ3) is 3.82. The molecule has 34 heavy (non-hydrogen) atoms. The summed E-state index contributed by atoms with van der Waals surface area (Å²) in [5.74, 6) is 1.81. The molecule has 4 atom stereocenters. The number of rotatable bonds is 5. The van der Waals surface area contributed by atoms with Crippen molar-refractivity contribution in [2.75, 3.05) is 26.4 Å². The molecule has 0 spiro atoms. The van der Waals surface area contributed by atoms with Crippen LogP contribution in [0.3, 0.4) is 0 Å². The van der Waals surface area contributed by atoms with E-state index in [0.717, 1.165) is 11.1 Å². The van der Waals surface area contributed by atoms with Crippen molar-refractivity contribution in [3.05, 3.63) is 54.1 Å². The molecule has 3 aliphatic rings. The Kier molecular flexibility index (Phi) is 5.47. The predicted octanol–water partition coefficient (Wildman–Crippen LogP) is 1.74. The molecule has 2 unspecified atom stereocenters. The van der Waals surface area contributed by atoms with Gasteiger partial charge in [-0.15, -0.1) is 5.10 Å². The Morgan fingerprint density at radius 2 is 1.88 bits per heavy atom. The average Bonchev–Trinajstić information content (AvgIpc) is 3.61. The minimum absolute atomic E-state index is 0.236. The number of benzene rings is 2. The average molecular weight is 465 g/mol. The van der Waals surface area contributed by atoms with E-state index in [1.807, 2.05) is 48.5 Å². The Bertz CT molecular complexity index is 1170. The minimum atomic E-state index is -0.521. The minimum Gasteiger partial charge on any atom is -0.486 e. The zero-order chi connectivity index (χ0) is 22.9. The Morgan fingerprint density at radius 3 is 2.79 bits per heavy atom. The Labute approximate surface area is 194 Å². The second-order valence-electron chi connectivity index (χ2n) is 8.22. The van der Waals surface area contributed by atoms with Crippen molar-refractivity contribution in [3.63, 3.8) is 0 Å². The largest absolute Gasteiger partial charge is 0.486 e. The van der Waals surface area contributed by atoms with E-state index in [1.165, 1.54) is 0 Å². The molecule has 3 aromatic rings. The molecule has 2 saturated heterocycles. The maximum Gasteiger partial charge on any atom is 0.407 e. The van der Waals surface area contributed by atoms with Crippen LogP contribution in [-0.2, 0) is 20.8 Å². The van der Waals surface area contributed by atoms with E-state index in [4.69, 9.17) is 23.7 Å². The molecular weight excluding hydrogens is 442 g/mol. The van der Waals surface area contributed by atoms with Crippen LogP contribution in [0.5, 0.6) is 11.5 Å². The van der Waals surface area contributed by atoms with Crippen molar-refractivity contribution in [1.29, 1.82) is 0 Å². The molecule has 11 heteroatoms. The van der Waals surface area contributed by atoms with Crippen LogP contribution in [0.15, 0.2) is 48.5 Å². The first-order valence-corrected chi connectivity index (χ1v) is 11.2. The molecule has 4 heterocycles. The van der Waals surface area contributed by atoms with E-state index in [9.17, 15) is 4.79 Å². The summed E-state index contributed by atoms with van der Waals surface area (Å²) in [4.78, 5) is 12.3. The van der Waals surface area contributed by atoms with Crippen LogP contribution in [0.1, 0.15) is 11.6 Å². The third-order valence-corrected chi connectivity index (χ3v) is 6.13. The lowest BCUT2D eigenvalue weighted by atomic mass is 10.1. The summed E-state index contributed by atoms with van der Waals surface area (Å²) in [6, 6.07) is 15.0. The number of hydrogen-bond acceptors (Lipinski definition) is 9. The number of carbonyl (C=O) groups is 1. The quantitative estimate of drug-likeness (QED) is 0.601. The number of carbonyl (C=O) groups excluding carboxylic acids is 1. The molecule has 1 amide bonds. The topological polar surface area (TPSA) is 119 Å². The summed E-state index contributed by atoms with van der Waals surface area (Å²) < 4.78 is 30.8. The number of alkyl carbamates (subject to hydrolysis) is 1. The lowest BCUT2D eigenvalue weighted by Gasteiger charge is -2.22. The smallest absolute Gasteiger partial charge is 0.407 e. The summed E-state index contributed by atoms with van der Waals surface area (Å²) in [7, 11) is 0. The monoisotopic (exact) mass is 465 g/mol. The highest BCUT2D eigenvalue weighted by molar-refractivity contribution is 5.69. The second-order valence-corrected chi connectivity index (χ2v) is 8.22. The highest BCUT2D eigenvalue weighted by Gasteiger charge is 2.51. The third-order valence-electron chi connectivity index (χ3n) is 6.13. The zero-order valence-corrected chi connectivity index (χ0v) is 18.2. The number of aromatic nitrogens is 4. The number of nitrogens with one attached hydrogen (secondary N) is 1. The zero-order valence-electron chi connectivity index (χ0n) is 18.2. The highest BCUT2D eigenvalue weighted by Crippen LogP contribution is 2.41. The van der Waals surface area contributed by atoms with Crippen LogP contribution in [0, 0.1) is 0 Å². The van der Waals surface area contributed by atoms with Gasteiger partial charge in [-0.05, 0) is 28.1 Å².